The summed E-state index contributed by atoms with van der Waals surface area (Å²) >= 11 is 6.05. The molecule has 0 amide bonds. The first-order valence-electron chi connectivity index (χ1n) is 7.25. The van der Waals surface area contributed by atoms with Crippen LogP contribution >= 0.6 is 11.6 Å². The summed E-state index contributed by atoms with van der Waals surface area (Å²) in [4.78, 5) is 2.30. The zero-order chi connectivity index (χ0) is 15.0. The summed E-state index contributed by atoms with van der Waals surface area (Å²) in [5, 5.41) is 4.15. The highest BCUT2D eigenvalue weighted by atomic mass is 35.5. The van der Waals surface area contributed by atoms with Gasteiger partial charge in [0.1, 0.15) is 0 Å². The average Bonchev–Trinajstić information content (AvgIpc) is 2.39. The van der Waals surface area contributed by atoms with Gasteiger partial charge in [0, 0.05) is 17.6 Å². The first kappa shape index (κ1) is 17.4. The van der Waals surface area contributed by atoms with E-state index in [0.29, 0.717) is 12.1 Å². The lowest BCUT2D eigenvalue weighted by Gasteiger charge is -2.22. The van der Waals surface area contributed by atoms with Crippen LogP contribution in [0.1, 0.15) is 31.9 Å². The van der Waals surface area contributed by atoms with Gasteiger partial charge in [0.05, 0.1) is 12.7 Å². The van der Waals surface area contributed by atoms with Crippen molar-refractivity contribution in [2.75, 3.05) is 33.8 Å². The molecule has 0 fully saturated rings. The molecule has 4 heteroatoms. The summed E-state index contributed by atoms with van der Waals surface area (Å²) in [6.07, 6.45) is 1.36. The molecule has 1 N–H and O–H groups in total. The van der Waals surface area contributed by atoms with E-state index in [0.717, 1.165) is 31.1 Å². The predicted octanol–water partition coefficient (Wildman–Crippen LogP) is 3.35. The van der Waals surface area contributed by atoms with E-state index in [2.05, 4.69) is 37.2 Å². The molecule has 0 aliphatic heterocycles. The molecule has 0 aliphatic carbocycles. The van der Waals surface area contributed by atoms with Crippen LogP contribution < -0.4 is 5.32 Å². The Morgan fingerprint density at radius 1 is 1.30 bits per heavy atom. The first-order valence-corrected chi connectivity index (χ1v) is 7.63. The SMILES string of the molecule is CNC(CCN(C)CCOC(C)C)c1cccc(Cl)c1. The fourth-order valence-electron chi connectivity index (χ4n) is 2.11. The van der Waals surface area contributed by atoms with Gasteiger partial charge in [-0.25, -0.2) is 0 Å². The Labute approximate surface area is 128 Å². The van der Waals surface area contributed by atoms with E-state index in [1.807, 2.05) is 25.2 Å². The first-order chi connectivity index (χ1) is 9.52. The molecule has 0 aromatic heterocycles. The summed E-state index contributed by atoms with van der Waals surface area (Å²) in [5.74, 6) is 0. The molecule has 1 aromatic rings. The third-order valence-electron chi connectivity index (χ3n) is 3.32. The molecule has 0 heterocycles. The number of benzene rings is 1. The zero-order valence-corrected chi connectivity index (χ0v) is 13.8. The van der Waals surface area contributed by atoms with E-state index in [1.165, 1.54) is 5.56 Å². The van der Waals surface area contributed by atoms with Crippen molar-refractivity contribution in [3.63, 3.8) is 0 Å². The third-order valence-corrected chi connectivity index (χ3v) is 3.56. The number of likely N-dealkylation sites (N-methyl/N-ethyl adjacent to an activating group) is 1. The molecule has 3 nitrogen and oxygen atoms in total. The van der Waals surface area contributed by atoms with Gasteiger partial charge in [-0.05, 0) is 58.6 Å². The molecule has 0 radical (unpaired) electrons. The largest absolute Gasteiger partial charge is 0.377 e. The monoisotopic (exact) mass is 298 g/mol. The maximum atomic E-state index is 6.05. The van der Waals surface area contributed by atoms with Gasteiger partial charge >= 0.3 is 0 Å². The van der Waals surface area contributed by atoms with Crippen molar-refractivity contribution in [1.82, 2.24) is 10.2 Å². The molecule has 20 heavy (non-hydrogen) atoms. The number of nitrogens with one attached hydrogen (secondary N) is 1. The zero-order valence-electron chi connectivity index (χ0n) is 13.0. The van der Waals surface area contributed by atoms with Crippen LogP contribution in [0, 0.1) is 0 Å². The summed E-state index contributed by atoms with van der Waals surface area (Å²) in [6, 6.07) is 8.40. The van der Waals surface area contributed by atoms with Gasteiger partial charge in [-0.15, -0.1) is 0 Å². The molecule has 1 atom stereocenters. The summed E-state index contributed by atoms with van der Waals surface area (Å²) in [5.41, 5.74) is 1.24. The van der Waals surface area contributed by atoms with Crippen LogP contribution in [-0.2, 0) is 4.74 Å². The summed E-state index contributed by atoms with van der Waals surface area (Å²) < 4.78 is 5.57. The molecule has 0 spiro atoms. The van der Waals surface area contributed by atoms with E-state index >= 15 is 0 Å². The average molecular weight is 299 g/mol. The lowest BCUT2D eigenvalue weighted by Crippen LogP contribution is -2.28. The fourth-order valence-corrected chi connectivity index (χ4v) is 2.31. The smallest absolute Gasteiger partial charge is 0.0596 e. The van der Waals surface area contributed by atoms with Crippen LogP contribution in [0.3, 0.4) is 0 Å². The van der Waals surface area contributed by atoms with Crippen LogP contribution in [0.25, 0.3) is 0 Å². The Morgan fingerprint density at radius 3 is 2.65 bits per heavy atom. The predicted molar refractivity (Wildman–Crippen MR) is 86.5 cm³/mol. The Hall–Kier alpha value is -0.610. The molecule has 0 bridgehead atoms. The quantitative estimate of drug-likeness (QED) is 0.757. The highest BCUT2D eigenvalue weighted by Gasteiger charge is 2.10. The third kappa shape index (κ3) is 6.71. The van der Waals surface area contributed by atoms with Gasteiger partial charge in [-0.1, -0.05) is 23.7 Å². The maximum Gasteiger partial charge on any atom is 0.0596 e. The minimum atomic E-state index is 0.305. The molecule has 0 saturated carbocycles. The van der Waals surface area contributed by atoms with Gasteiger partial charge in [-0.3, -0.25) is 0 Å². The highest BCUT2D eigenvalue weighted by molar-refractivity contribution is 6.30. The van der Waals surface area contributed by atoms with Gasteiger partial charge < -0.3 is 15.0 Å². The summed E-state index contributed by atoms with van der Waals surface area (Å²) in [7, 11) is 4.13. The number of halogens is 1. The van der Waals surface area contributed by atoms with E-state index in [9.17, 15) is 0 Å². The van der Waals surface area contributed by atoms with E-state index in [4.69, 9.17) is 16.3 Å². The number of rotatable bonds is 9. The molecule has 0 saturated heterocycles. The van der Waals surface area contributed by atoms with Crippen molar-refractivity contribution >= 4 is 11.6 Å². The van der Waals surface area contributed by atoms with E-state index in [-0.39, 0.29) is 0 Å². The second-order valence-electron chi connectivity index (χ2n) is 5.41. The van der Waals surface area contributed by atoms with Crippen molar-refractivity contribution in [1.29, 1.82) is 0 Å². The number of ether oxygens (including phenoxy) is 1. The van der Waals surface area contributed by atoms with Crippen molar-refractivity contribution in [2.45, 2.75) is 32.4 Å². The van der Waals surface area contributed by atoms with Crippen molar-refractivity contribution in [2.24, 2.45) is 0 Å². The van der Waals surface area contributed by atoms with Crippen LogP contribution in [0.15, 0.2) is 24.3 Å². The van der Waals surface area contributed by atoms with Crippen molar-refractivity contribution in [3.8, 4) is 0 Å². The van der Waals surface area contributed by atoms with Gasteiger partial charge in [0.2, 0.25) is 0 Å². The van der Waals surface area contributed by atoms with Crippen LogP contribution in [-0.4, -0.2) is 44.8 Å². The lowest BCUT2D eigenvalue weighted by atomic mass is 10.0. The normalized spacial score (nSPS) is 13.2. The van der Waals surface area contributed by atoms with Crippen molar-refractivity contribution in [3.05, 3.63) is 34.9 Å². The number of hydrogen-bond acceptors (Lipinski definition) is 3. The standard InChI is InChI=1S/C16H27ClN2O/c1-13(2)20-11-10-19(4)9-8-16(18-3)14-6-5-7-15(17)12-14/h5-7,12-13,16,18H,8-11H2,1-4H3. The second kappa shape index (κ2) is 9.35. The highest BCUT2D eigenvalue weighted by Crippen LogP contribution is 2.20. The molecule has 1 aromatic carbocycles. The fraction of sp³-hybridized carbons (Fsp3) is 0.625. The molecule has 0 aliphatic rings. The Kier molecular flexibility index (Phi) is 8.15. The Bertz CT molecular complexity index is 384. The molecular formula is C16H27ClN2O. The maximum absolute atomic E-state index is 6.05. The van der Waals surface area contributed by atoms with E-state index in [1.54, 1.807) is 0 Å². The minimum Gasteiger partial charge on any atom is -0.377 e. The van der Waals surface area contributed by atoms with Crippen LogP contribution in [0.5, 0.6) is 0 Å². The molecule has 1 rings (SSSR count). The van der Waals surface area contributed by atoms with Crippen molar-refractivity contribution < 1.29 is 4.74 Å². The van der Waals surface area contributed by atoms with E-state index < -0.39 is 0 Å². The van der Waals surface area contributed by atoms with Gasteiger partial charge in [-0.2, -0.15) is 0 Å². The van der Waals surface area contributed by atoms with Crippen LogP contribution in [0.2, 0.25) is 5.02 Å². The second-order valence-corrected chi connectivity index (χ2v) is 5.84. The van der Waals surface area contributed by atoms with Gasteiger partial charge in [0.15, 0.2) is 0 Å². The molecular weight excluding hydrogens is 272 g/mol. The topological polar surface area (TPSA) is 24.5 Å². The number of hydrogen-bond donors (Lipinski definition) is 1. The van der Waals surface area contributed by atoms with Crippen LogP contribution in [0.4, 0.5) is 0 Å². The minimum absolute atomic E-state index is 0.305. The lowest BCUT2D eigenvalue weighted by molar-refractivity contribution is 0.0633. The van der Waals surface area contributed by atoms with Gasteiger partial charge in [0.25, 0.3) is 0 Å². The molecule has 114 valence electrons. The Morgan fingerprint density at radius 2 is 2.05 bits per heavy atom. The Balaban J connectivity index is 2.37. The number of nitrogens with zero attached hydrogens (tertiary/aromatic N) is 1. The molecule has 1 unspecified atom stereocenters. The summed E-state index contributed by atoms with van der Waals surface area (Å²) in [6.45, 7) is 6.91.